The fourth-order valence-corrected chi connectivity index (χ4v) is 4.88. The van der Waals surface area contributed by atoms with Crippen molar-refractivity contribution in [2.45, 2.75) is 39.0 Å². The molecule has 0 unspecified atom stereocenters. The van der Waals surface area contributed by atoms with Crippen molar-refractivity contribution in [3.63, 3.8) is 0 Å². The summed E-state index contributed by atoms with van der Waals surface area (Å²) in [6.07, 6.45) is 2.63. The number of hydrogen-bond donors (Lipinski definition) is 1. The monoisotopic (exact) mass is 420 g/mol. The number of hydrogen-bond acceptors (Lipinski definition) is 4. The zero-order valence-corrected chi connectivity index (χ0v) is 18.3. The van der Waals surface area contributed by atoms with Gasteiger partial charge in [0, 0.05) is 22.6 Å². The van der Waals surface area contributed by atoms with Gasteiger partial charge < -0.3 is 0 Å². The van der Waals surface area contributed by atoms with Crippen LogP contribution in [0.4, 0.5) is 5.69 Å². The van der Waals surface area contributed by atoms with E-state index in [4.69, 9.17) is 0 Å². The topological polar surface area (TPSA) is 76.4 Å². The van der Waals surface area contributed by atoms with E-state index in [2.05, 4.69) is 21.7 Å². The van der Waals surface area contributed by atoms with Gasteiger partial charge in [-0.25, -0.2) is 17.9 Å². The first-order valence-electron chi connectivity index (χ1n) is 9.83. The summed E-state index contributed by atoms with van der Waals surface area (Å²) in [5.74, 6) is 0. The van der Waals surface area contributed by atoms with Gasteiger partial charge in [0.1, 0.15) is 0 Å². The molecule has 4 aromatic rings. The highest BCUT2D eigenvalue weighted by atomic mass is 32.2. The van der Waals surface area contributed by atoms with Gasteiger partial charge in [0.15, 0.2) is 5.65 Å². The van der Waals surface area contributed by atoms with E-state index < -0.39 is 10.0 Å². The van der Waals surface area contributed by atoms with Crippen LogP contribution in [-0.2, 0) is 16.4 Å². The number of nitrogens with one attached hydrogen (secondary N) is 1. The number of nitrogens with zero attached hydrogens (tertiary/aromatic N) is 3. The molecular formula is C23H24N4O2S. The first-order chi connectivity index (χ1) is 14.3. The van der Waals surface area contributed by atoms with Crippen molar-refractivity contribution in [1.29, 1.82) is 0 Å². The molecule has 2 aromatic carbocycles. The van der Waals surface area contributed by atoms with Crippen molar-refractivity contribution in [2.24, 2.45) is 0 Å². The molecule has 0 aliphatic carbocycles. The van der Waals surface area contributed by atoms with Crippen LogP contribution in [0, 0.1) is 20.8 Å². The Hall–Kier alpha value is -3.19. The molecule has 0 amide bonds. The van der Waals surface area contributed by atoms with Crippen LogP contribution in [0.1, 0.15) is 29.4 Å². The lowest BCUT2D eigenvalue weighted by Crippen LogP contribution is -2.14. The van der Waals surface area contributed by atoms with Crippen molar-refractivity contribution in [2.75, 3.05) is 4.72 Å². The molecule has 154 valence electrons. The Labute approximate surface area is 176 Å². The maximum absolute atomic E-state index is 13.1. The summed E-state index contributed by atoms with van der Waals surface area (Å²) in [5.41, 5.74) is 6.50. The molecule has 0 atom stereocenters. The Morgan fingerprint density at radius 1 is 1.00 bits per heavy atom. The standard InChI is InChI=1S/C23H24N4O2S/c1-5-18-7-10-20(11-8-18)26-30(28,29)22-13-19(9-6-15(22)2)21-14-24-27-17(4)12-16(3)25-23(21)27/h6-14,26H,5H2,1-4H3. The molecule has 0 spiro atoms. The SMILES string of the molecule is CCc1ccc(NS(=O)(=O)c2cc(-c3cnn4c(C)cc(C)nc34)ccc2C)cc1. The fourth-order valence-electron chi connectivity index (χ4n) is 3.55. The smallest absolute Gasteiger partial charge is 0.262 e. The third kappa shape index (κ3) is 3.68. The Bertz CT molecular complexity index is 1340. The summed E-state index contributed by atoms with van der Waals surface area (Å²) in [6, 6.07) is 14.8. The molecule has 7 heteroatoms. The summed E-state index contributed by atoms with van der Waals surface area (Å²) in [7, 11) is -3.74. The highest BCUT2D eigenvalue weighted by Gasteiger charge is 2.19. The average molecular weight is 421 g/mol. The molecule has 0 fully saturated rings. The maximum atomic E-state index is 13.1. The molecule has 0 radical (unpaired) electrons. The second-order valence-corrected chi connectivity index (χ2v) is 9.12. The van der Waals surface area contributed by atoms with Crippen LogP contribution in [-0.4, -0.2) is 23.0 Å². The molecule has 4 rings (SSSR count). The van der Waals surface area contributed by atoms with Gasteiger partial charge in [0.2, 0.25) is 0 Å². The summed E-state index contributed by atoms with van der Waals surface area (Å²) in [5, 5.41) is 4.42. The fraction of sp³-hybridized carbons (Fsp3) is 0.217. The maximum Gasteiger partial charge on any atom is 0.262 e. The van der Waals surface area contributed by atoms with Gasteiger partial charge in [-0.15, -0.1) is 0 Å². The predicted molar refractivity (Wildman–Crippen MR) is 119 cm³/mol. The summed E-state index contributed by atoms with van der Waals surface area (Å²) >= 11 is 0. The van der Waals surface area contributed by atoms with Gasteiger partial charge in [-0.2, -0.15) is 5.10 Å². The number of aryl methyl sites for hydroxylation is 4. The van der Waals surface area contributed by atoms with Crippen LogP contribution < -0.4 is 4.72 Å². The van der Waals surface area contributed by atoms with Crippen LogP contribution in [0.2, 0.25) is 0 Å². The van der Waals surface area contributed by atoms with Crippen LogP contribution in [0.15, 0.2) is 59.6 Å². The lowest BCUT2D eigenvalue weighted by molar-refractivity contribution is 0.600. The molecule has 0 saturated carbocycles. The van der Waals surface area contributed by atoms with Crippen LogP contribution in [0.5, 0.6) is 0 Å². The van der Waals surface area contributed by atoms with Gasteiger partial charge in [-0.05, 0) is 68.1 Å². The van der Waals surface area contributed by atoms with E-state index in [9.17, 15) is 8.42 Å². The van der Waals surface area contributed by atoms with Gasteiger partial charge >= 0.3 is 0 Å². The van der Waals surface area contributed by atoms with Crippen molar-refractivity contribution >= 4 is 21.4 Å². The Kier molecular flexibility index (Phi) is 5.07. The summed E-state index contributed by atoms with van der Waals surface area (Å²) in [6.45, 7) is 7.76. The Morgan fingerprint density at radius 2 is 1.73 bits per heavy atom. The van der Waals surface area contributed by atoms with Gasteiger partial charge in [0.25, 0.3) is 10.0 Å². The van der Waals surface area contributed by atoms with E-state index in [1.54, 1.807) is 35.8 Å². The molecule has 30 heavy (non-hydrogen) atoms. The first kappa shape index (κ1) is 20.1. The second kappa shape index (κ2) is 7.57. The Balaban J connectivity index is 1.76. The van der Waals surface area contributed by atoms with Gasteiger partial charge in [-0.3, -0.25) is 4.72 Å². The third-order valence-corrected chi connectivity index (χ3v) is 6.70. The largest absolute Gasteiger partial charge is 0.280 e. The number of rotatable bonds is 5. The minimum Gasteiger partial charge on any atom is -0.280 e. The van der Waals surface area contributed by atoms with E-state index in [0.29, 0.717) is 16.9 Å². The number of aromatic nitrogens is 3. The molecular weight excluding hydrogens is 396 g/mol. The molecule has 0 saturated heterocycles. The van der Waals surface area contributed by atoms with E-state index >= 15 is 0 Å². The number of anilines is 1. The van der Waals surface area contributed by atoms with E-state index in [1.807, 2.05) is 44.2 Å². The third-order valence-electron chi connectivity index (χ3n) is 5.18. The molecule has 0 aliphatic heterocycles. The zero-order valence-electron chi connectivity index (χ0n) is 17.5. The molecule has 0 bridgehead atoms. The van der Waals surface area contributed by atoms with Crippen LogP contribution in [0.3, 0.4) is 0 Å². The van der Waals surface area contributed by atoms with E-state index in [1.165, 1.54) is 0 Å². The summed E-state index contributed by atoms with van der Waals surface area (Å²) in [4.78, 5) is 4.85. The number of fused-ring (bicyclic) bond motifs is 1. The number of sulfonamides is 1. The van der Waals surface area contributed by atoms with Crippen molar-refractivity contribution in [3.05, 3.63) is 77.2 Å². The Morgan fingerprint density at radius 3 is 2.43 bits per heavy atom. The van der Waals surface area contributed by atoms with Crippen LogP contribution in [0.25, 0.3) is 16.8 Å². The van der Waals surface area contributed by atoms with Crippen LogP contribution >= 0.6 is 0 Å². The van der Waals surface area contributed by atoms with Gasteiger partial charge in [-0.1, -0.05) is 31.2 Å². The molecule has 1 N–H and O–H groups in total. The molecule has 6 nitrogen and oxygen atoms in total. The van der Waals surface area contributed by atoms with Gasteiger partial charge in [0.05, 0.1) is 11.1 Å². The van der Waals surface area contributed by atoms with E-state index in [-0.39, 0.29) is 4.90 Å². The lowest BCUT2D eigenvalue weighted by atomic mass is 10.1. The average Bonchev–Trinajstić information content (AvgIpc) is 3.12. The number of benzene rings is 2. The summed E-state index contributed by atoms with van der Waals surface area (Å²) < 4.78 is 30.7. The second-order valence-electron chi connectivity index (χ2n) is 7.47. The highest BCUT2D eigenvalue weighted by molar-refractivity contribution is 7.92. The van der Waals surface area contributed by atoms with E-state index in [0.717, 1.165) is 34.5 Å². The minimum atomic E-state index is -3.74. The lowest BCUT2D eigenvalue weighted by Gasteiger charge is -2.12. The highest BCUT2D eigenvalue weighted by Crippen LogP contribution is 2.29. The minimum absolute atomic E-state index is 0.239. The normalized spacial score (nSPS) is 11.7. The molecule has 2 heterocycles. The quantitative estimate of drug-likeness (QED) is 0.508. The predicted octanol–water partition coefficient (Wildman–Crippen LogP) is 4.68. The van der Waals surface area contributed by atoms with Crippen molar-refractivity contribution in [3.8, 4) is 11.1 Å². The molecule has 2 aromatic heterocycles. The van der Waals surface area contributed by atoms with Crippen molar-refractivity contribution < 1.29 is 8.42 Å². The molecule has 0 aliphatic rings. The van der Waals surface area contributed by atoms with Crippen molar-refractivity contribution in [1.82, 2.24) is 14.6 Å². The zero-order chi connectivity index (χ0) is 21.5. The first-order valence-corrected chi connectivity index (χ1v) is 11.3.